The summed E-state index contributed by atoms with van der Waals surface area (Å²) < 4.78 is 38.9. The maximum atomic E-state index is 8.49. The summed E-state index contributed by atoms with van der Waals surface area (Å²) in [6.45, 7) is 9.22. The van der Waals surface area contributed by atoms with Crippen molar-refractivity contribution < 1.29 is 33.5 Å². The Morgan fingerprint density at radius 1 is 0.789 bits per heavy atom. The molecule has 6 nitrogen and oxygen atoms in total. The van der Waals surface area contributed by atoms with Crippen LogP contribution in [0.5, 0.6) is 0 Å². The van der Waals surface area contributed by atoms with Crippen LogP contribution in [0.25, 0.3) is 0 Å². The van der Waals surface area contributed by atoms with E-state index in [2.05, 4.69) is 175 Å². The van der Waals surface area contributed by atoms with E-state index in [1.165, 1.54) is 41.1 Å². The fraction of sp³-hybridized carbons (Fsp3) is 0.276. The highest BCUT2D eigenvalue weighted by molar-refractivity contribution is 14.1. The van der Waals surface area contributed by atoms with Crippen LogP contribution in [-0.2, 0) is 10.8 Å². The number of anilines is 1. The lowest BCUT2D eigenvalue weighted by Crippen LogP contribution is -2.68. The second kappa shape index (κ2) is 11.9. The molecule has 0 unspecified atom stereocenters. The van der Waals surface area contributed by atoms with E-state index in [4.69, 9.17) is 18.6 Å². The van der Waals surface area contributed by atoms with Gasteiger partial charge < -0.3 is 4.90 Å². The van der Waals surface area contributed by atoms with Crippen LogP contribution in [0.3, 0.4) is 0 Å². The van der Waals surface area contributed by atoms with Gasteiger partial charge in [0, 0.05) is 48.7 Å². The molecule has 2 aromatic carbocycles. The Balaban J connectivity index is 0.000000732. The fourth-order valence-electron chi connectivity index (χ4n) is 5.10. The Labute approximate surface area is 254 Å². The number of rotatable bonds is 4. The Morgan fingerprint density at radius 2 is 1.32 bits per heavy atom. The number of hydrogen-bond donors (Lipinski definition) is 0. The molecule has 0 aliphatic carbocycles. The van der Waals surface area contributed by atoms with Gasteiger partial charge in [0.1, 0.15) is 7.05 Å². The van der Waals surface area contributed by atoms with E-state index in [1.54, 1.807) is 0 Å². The van der Waals surface area contributed by atoms with Crippen molar-refractivity contribution in [2.45, 2.75) is 38.5 Å². The first-order valence-corrected chi connectivity index (χ1v) is 15.2. The molecule has 2 aromatic rings. The second-order valence-electron chi connectivity index (χ2n) is 10.1. The van der Waals surface area contributed by atoms with Gasteiger partial charge in [0.2, 0.25) is 5.69 Å². The van der Waals surface area contributed by atoms with Crippen molar-refractivity contribution in [2.75, 3.05) is 19.0 Å². The third-order valence-corrected chi connectivity index (χ3v) is 8.28. The molecule has 2 heterocycles. The van der Waals surface area contributed by atoms with Gasteiger partial charge in [-0.3, -0.25) is 0 Å². The van der Waals surface area contributed by atoms with Gasteiger partial charge in [-0.25, -0.2) is 18.6 Å². The summed E-state index contributed by atoms with van der Waals surface area (Å²) in [7, 11) is -0.621. The highest BCUT2D eigenvalue weighted by Gasteiger charge is 2.42. The van der Waals surface area contributed by atoms with Crippen molar-refractivity contribution in [3.8, 4) is 0 Å². The zero-order chi connectivity index (χ0) is 28.5. The van der Waals surface area contributed by atoms with Gasteiger partial charge >= 0.3 is 0 Å². The SMILES string of the molecule is CN1\C(=C/C=C/C=C/C=C/C2=[N+](C)c3ccc(I)cc3C2(C)C)C(C)(C)c2cc(I)ccc21.[O-][Cl+3]([O-])([O-])[O-]. The van der Waals surface area contributed by atoms with Gasteiger partial charge in [-0.1, -0.05) is 44.2 Å². The third-order valence-electron chi connectivity index (χ3n) is 6.94. The summed E-state index contributed by atoms with van der Waals surface area (Å²) >= 11 is 4.80. The average Bonchev–Trinajstić information content (AvgIpc) is 3.10. The van der Waals surface area contributed by atoms with Gasteiger partial charge in [-0.05, 0) is 101 Å². The fourth-order valence-corrected chi connectivity index (χ4v) is 6.09. The van der Waals surface area contributed by atoms with E-state index in [0.717, 1.165) is 0 Å². The van der Waals surface area contributed by atoms with Crippen LogP contribution in [0.1, 0.15) is 38.8 Å². The molecule has 202 valence electrons. The molecular weight excluding hydrogens is 730 g/mol. The van der Waals surface area contributed by atoms with Crippen molar-refractivity contribution in [1.29, 1.82) is 0 Å². The van der Waals surface area contributed by atoms with Crippen molar-refractivity contribution >= 4 is 62.3 Å². The lowest BCUT2D eigenvalue weighted by atomic mass is 9.81. The summed E-state index contributed by atoms with van der Waals surface area (Å²) in [6.07, 6.45) is 15.1. The first kappa shape index (κ1) is 31.0. The number of halogens is 3. The Hall–Kier alpha value is -1.54. The molecule has 0 bridgehead atoms. The zero-order valence-electron chi connectivity index (χ0n) is 22.2. The van der Waals surface area contributed by atoms with Crippen molar-refractivity contribution in [1.82, 2.24) is 0 Å². The summed E-state index contributed by atoms with van der Waals surface area (Å²) in [5, 5.41) is 0. The zero-order valence-corrected chi connectivity index (χ0v) is 27.2. The molecule has 0 N–H and O–H groups in total. The van der Waals surface area contributed by atoms with Crippen LogP contribution >= 0.6 is 45.2 Å². The van der Waals surface area contributed by atoms with Crippen LogP contribution in [0, 0.1) is 17.4 Å². The van der Waals surface area contributed by atoms with E-state index < -0.39 is 10.2 Å². The van der Waals surface area contributed by atoms with E-state index in [9.17, 15) is 0 Å². The molecule has 0 saturated carbocycles. The summed E-state index contributed by atoms with van der Waals surface area (Å²) in [5.74, 6) is 0. The molecule has 0 fully saturated rings. The molecule has 0 aromatic heterocycles. The average molecular weight is 761 g/mol. The smallest absolute Gasteiger partial charge is 0.209 e. The molecule has 0 radical (unpaired) electrons. The summed E-state index contributed by atoms with van der Waals surface area (Å²) in [5.41, 5.74) is 8.03. The number of benzene rings is 2. The van der Waals surface area contributed by atoms with Crippen LogP contribution < -0.4 is 23.5 Å². The van der Waals surface area contributed by atoms with E-state index in [0.29, 0.717) is 0 Å². The minimum Gasteiger partial charge on any atom is -0.347 e. The first-order chi connectivity index (χ1) is 17.5. The molecule has 0 atom stereocenters. The van der Waals surface area contributed by atoms with E-state index >= 15 is 0 Å². The van der Waals surface area contributed by atoms with E-state index in [1.807, 2.05) is 0 Å². The highest BCUT2D eigenvalue weighted by atomic mass is 127. The van der Waals surface area contributed by atoms with Gasteiger partial charge in [0.15, 0.2) is 5.71 Å². The number of likely N-dealkylation sites (N-methyl/N-ethyl adjacent to an activating group) is 1. The Morgan fingerprint density at radius 3 is 1.95 bits per heavy atom. The Kier molecular flexibility index (Phi) is 9.71. The Bertz CT molecular complexity index is 1360. The third kappa shape index (κ3) is 6.96. The largest absolute Gasteiger partial charge is 0.347 e. The lowest BCUT2D eigenvalue weighted by molar-refractivity contribution is -2.00. The summed E-state index contributed by atoms with van der Waals surface area (Å²) in [4.78, 5) is 2.31. The van der Waals surface area contributed by atoms with Crippen LogP contribution in [-0.4, -0.2) is 24.4 Å². The molecule has 2 aliphatic rings. The predicted molar refractivity (Wildman–Crippen MR) is 159 cm³/mol. The maximum absolute atomic E-state index is 8.49. The van der Waals surface area contributed by atoms with Crippen molar-refractivity contribution in [3.63, 3.8) is 0 Å². The highest BCUT2D eigenvalue weighted by Crippen LogP contribution is 2.47. The molecule has 0 saturated heterocycles. The van der Waals surface area contributed by atoms with Crippen molar-refractivity contribution in [2.24, 2.45) is 0 Å². The molecule has 38 heavy (non-hydrogen) atoms. The normalized spacial score (nSPS) is 19.1. The molecule has 9 heteroatoms. The number of fused-ring (bicyclic) bond motifs is 2. The quantitative estimate of drug-likeness (QED) is 0.271. The standard InChI is InChI=1S/C29H31I2N2.ClHO4/c1-28(2)22-18-20(30)14-16-24(22)32(5)26(28)12-10-8-7-9-11-13-27-29(3,4)23-19-21(31)15-17-25(23)33(27)6;2-1(3,4)5/h7-19H,1-6H3;(H,2,3,4,5)/q+1;/p-1. The van der Waals surface area contributed by atoms with Crippen molar-refractivity contribution in [3.05, 3.63) is 103 Å². The van der Waals surface area contributed by atoms with E-state index in [-0.39, 0.29) is 10.8 Å². The number of hydrogen-bond acceptors (Lipinski definition) is 5. The first-order valence-electron chi connectivity index (χ1n) is 11.8. The van der Waals surface area contributed by atoms with Crippen LogP contribution in [0.2, 0.25) is 0 Å². The molecule has 0 spiro atoms. The number of allylic oxidation sites excluding steroid dienone is 8. The molecule has 4 rings (SSSR count). The predicted octanol–water partition coefficient (Wildman–Crippen LogP) is 3.13. The second-order valence-corrected chi connectivity index (χ2v) is 13.4. The van der Waals surface area contributed by atoms with Crippen LogP contribution in [0.4, 0.5) is 11.4 Å². The van der Waals surface area contributed by atoms with Gasteiger partial charge in [-0.15, -0.1) is 10.2 Å². The lowest BCUT2D eigenvalue weighted by Gasteiger charge is -2.23. The molecule has 2 aliphatic heterocycles. The monoisotopic (exact) mass is 760 g/mol. The minimum absolute atomic E-state index is 0.00131. The van der Waals surface area contributed by atoms with Gasteiger partial charge in [0.25, 0.3) is 0 Å². The minimum atomic E-state index is -4.94. The van der Waals surface area contributed by atoms with Gasteiger partial charge in [-0.2, -0.15) is 4.58 Å². The van der Waals surface area contributed by atoms with Gasteiger partial charge in [0.05, 0.1) is 5.41 Å². The van der Waals surface area contributed by atoms with Crippen LogP contribution in [0.15, 0.2) is 84.6 Å². The number of nitrogens with zero attached hydrogens (tertiary/aromatic N) is 2. The summed E-state index contributed by atoms with van der Waals surface area (Å²) in [6, 6.07) is 13.4. The maximum Gasteiger partial charge on any atom is 0.209 e. The topological polar surface area (TPSA) is 98.5 Å². The molecule has 0 amide bonds. The molecular formula is C29H31ClI2N2O4.